The van der Waals surface area contributed by atoms with E-state index in [-0.39, 0.29) is 11.3 Å². The van der Waals surface area contributed by atoms with E-state index >= 15 is 0 Å². The standard InChI is InChI=1S/C19H17ClN2O2/c20-14-6-7-16-15(12-14)17(13-4-2-1-3-5-13)18(19(23)21-16)22-8-10-24-11-9-22/h1-7,12,14H,8-11H2. The maximum absolute atomic E-state index is 12.8. The summed E-state index contributed by atoms with van der Waals surface area (Å²) in [6.07, 6.45) is 5.65. The van der Waals surface area contributed by atoms with Gasteiger partial charge in [-0.2, -0.15) is 0 Å². The van der Waals surface area contributed by atoms with E-state index in [0.717, 1.165) is 16.7 Å². The van der Waals surface area contributed by atoms with Gasteiger partial charge in [-0.3, -0.25) is 4.79 Å². The maximum Gasteiger partial charge on any atom is 0.294 e. The lowest BCUT2D eigenvalue weighted by molar-refractivity contribution is -0.116. The van der Waals surface area contributed by atoms with Gasteiger partial charge < -0.3 is 9.64 Å². The van der Waals surface area contributed by atoms with Crippen molar-refractivity contribution in [3.63, 3.8) is 0 Å². The fourth-order valence-corrected chi connectivity index (χ4v) is 3.45. The SMILES string of the molecule is O=C1N=C2C=CC(Cl)C=C2C(c2ccccc2)=C1N1CCOCC1. The first-order valence-corrected chi connectivity index (χ1v) is 8.48. The molecule has 0 saturated carbocycles. The van der Waals surface area contributed by atoms with Crippen molar-refractivity contribution in [1.29, 1.82) is 0 Å². The molecular weight excluding hydrogens is 324 g/mol. The van der Waals surface area contributed by atoms with Gasteiger partial charge in [0.05, 0.1) is 24.3 Å². The van der Waals surface area contributed by atoms with E-state index in [2.05, 4.69) is 9.89 Å². The van der Waals surface area contributed by atoms with Crippen molar-refractivity contribution in [3.05, 3.63) is 65.4 Å². The number of ether oxygens (including phenoxy) is 1. The van der Waals surface area contributed by atoms with E-state index in [1.165, 1.54) is 0 Å². The van der Waals surface area contributed by atoms with Crippen molar-refractivity contribution in [3.8, 4) is 0 Å². The Bertz CT molecular complexity index is 787. The third-order valence-electron chi connectivity index (χ3n) is 4.36. The number of halogens is 1. The van der Waals surface area contributed by atoms with Crippen LogP contribution in [-0.2, 0) is 9.53 Å². The number of nitrogens with zero attached hydrogens (tertiary/aromatic N) is 2. The predicted octanol–water partition coefficient (Wildman–Crippen LogP) is 2.81. The number of alkyl halides is 1. The van der Waals surface area contributed by atoms with Gasteiger partial charge in [0.1, 0.15) is 5.70 Å². The summed E-state index contributed by atoms with van der Waals surface area (Å²) in [6.45, 7) is 2.62. The van der Waals surface area contributed by atoms with Gasteiger partial charge in [0.2, 0.25) is 0 Å². The Balaban J connectivity index is 1.90. The molecule has 1 unspecified atom stereocenters. The second kappa shape index (κ2) is 6.38. The average molecular weight is 341 g/mol. The minimum Gasteiger partial charge on any atom is -0.378 e. The zero-order chi connectivity index (χ0) is 16.5. The molecule has 1 amide bonds. The molecule has 0 aromatic heterocycles. The highest BCUT2D eigenvalue weighted by Gasteiger charge is 2.32. The average Bonchev–Trinajstić information content (AvgIpc) is 2.62. The fraction of sp³-hybridized carbons (Fsp3) is 0.263. The van der Waals surface area contributed by atoms with E-state index in [0.29, 0.717) is 37.7 Å². The summed E-state index contributed by atoms with van der Waals surface area (Å²) < 4.78 is 5.43. The van der Waals surface area contributed by atoms with Crippen molar-refractivity contribution < 1.29 is 9.53 Å². The van der Waals surface area contributed by atoms with Crippen molar-refractivity contribution in [2.75, 3.05) is 26.3 Å². The van der Waals surface area contributed by atoms with Gasteiger partial charge in [0.25, 0.3) is 5.91 Å². The largest absolute Gasteiger partial charge is 0.378 e. The highest BCUT2D eigenvalue weighted by atomic mass is 35.5. The number of aliphatic imine (C=N–C) groups is 1. The van der Waals surface area contributed by atoms with Gasteiger partial charge >= 0.3 is 0 Å². The molecule has 1 aromatic carbocycles. The zero-order valence-corrected chi connectivity index (χ0v) is 13.9. The molecule has 0 bridgehead atoms. The summed E-state index contributed by atoms with van der Waals surface area (Å²) in [7, 11) is 0. The Morgan fingerprint density at radius 1 is 1.17 bits per heavy atom. The van der Waals surface area contributed by atoms with Crippen molar-refractivity contribution in [2.24, 2.45) is 4.99 Å². The summed E-state index contributed by atoms with van der Waals surface area (Å²) in [5.41, 5.74) is 4.20. The first-order valence-electron chi connectivity index (χ1n) is 8.04. The van der Waals surface area contributed by atoms with E-state index in [4.69, 9.17) is 16.3 Å². The smallest absolute Gasteiger partial charge is 0.294 e. The van der Waals surface area contributed by atoms with Crippen molar-refractivity contribution in [1.82, 2.24) is 4.90 Å². The minimum absolute atomic E-state index is 0.194. The number of carbonyl (C=O) groups is 1. The number of allylic oxidation sites excluding steroid dienone is 5. The van der Waals surface area contributed by atoms with Crippen LogP contribution in [0.1, 0.15) is 5.56 Å². The van der Waals surface area contributed by atoms with E-state index in [9.17, 15) is 4.79 Å². The van der Waals surface area contributed by atoms with Crippen molar-refractivity contribution >= 4 is 28.8 Å². The lowest BCUT2D eigenvalue weighted by Crippen LogP contribution is -2.40. The Hall–Kier alpha value is -2.17. The first-order chi connectivity index (χ1) is 11.7. The van der Waals surface area contributed by atoms with Gasteiger partial charge in [-0.15, -0.1) is 11.6 Å². The van der Waals surface area contributed by atoms with E-state index in [1.54, 1.807) is 0 Å². The topological polar surface area (TPSA) is 41.9 Å². The molecule has 3 aliphatic rings. The molecule has 0 N–H and O–H groups in total. The normalized spacial score (nSPS) is 23.8. The summed E-state index contributed by atoms with van der Waals surface area (Å²) >= 11 is 6.30. The van der Waals surface area contributed by atoms with Crippen LogP contribution >= 0.6 is 11.6 Å². The maximum atomic E-state index is 12.8. The molecule has 5 heteroatoms. The number of dihydropyridines is 1. The lowest BCUT2D eigenvalue weighted by Gasteiger charge is -2.34. The Labute approximate surface area is 145 Å². The lowest BCUT2D eigenvalue weighted by atomic mass is 9.86. The van der Waals surface area contributed by atoms with Crippen LogP contribution in [0.5, 0.6) is 0 Å². The molecule has 4 rings (SSSR count). The van der Waals surface area contributed by atoms with Gasteiger partial charge in [-0.05, 0) is 11.6 Å². The molecule has 0 radical (unpaired) electrons. The molecule has 1 aromatic rings. The van der Waals surface area contributed by atoms with Crippen LogP contribution in [0.3, 0.4) is 0 Å². The van der Waals surface area contributed by atoms with Gasteiger partial charge in [-0.25, -0.2) is 4.99 Å². The highest BCUT2D eigenvalue weighted by molar-refractivity contribution is 6.32. The molecule has 1 aliphatic carbocycles. The summed E-state index contributed by atoms with van der Waals surface area (Å²) in [6, 6.07) is 9.97. The molecule has 24 heavy (non-hydrogen) atoms. The fourth-order valence-electron chi connectivity index (χ4n) is 3.26. The Morgan fingerprint density at radius 2 is 1.92 bits per heavy atom. The van der Waals surface area contributed by atoms with Crippen LogP contribution in [0.25, 0.3) is 5.57 Å². The van der Waals surface area contributed by atoms with Gasteiger partial charge in [-0.1, -0.05) is 42.5 Å². The van der Waals surface area contributed by atoms with E-state index in [1.807, 2.05) is 48.6 Å². The molecule has 4 nitrogen and oxygen atoms in total. The number of benzene rings is 1. The third kappa shape index (κ3) is 2.72. The number of fused-ring (bicyclic) bond motifs is 1. The van der Waals surface area contributed by atoms with E-state index < -0.39 is 0 Å². The minimum atomic E-state index is -0.197. The first kappa shape index (κ1) is 15.4. The number of hydrogen-bond acceptors (Lipinski definition) is 3. The summed E-state index contributed by atoms with van der Waals surface area (Å²) in [4.78, 5) is 19.2. The van der Waals surface area contributed by atoms with Gasteiger partial charge in [0.15, 0.2) is 0 Å². The van der Waals surface area contributed by atoms with Crippen LogP contribution in [-0.4, -0.2) is 48.2 Å². The quantitative estimate of drug-likeness (QED) is 0.777. The highest BCUT2D eigenvalue weighted by Crippen LogP contribution is 2.36. The zero-order valence-electron chi connectivity index (χ0n) is 13.1. The van der Waals surface area contributed by atoms with Crippen molar-refractivity contribution in [2.45, 2.75) is 5.38 Å². The number of hydrogen-bond donors (Lipinski definition) is 0. The molecule has 2 heterocycles. The number of amides is 1. The van der Waals surface area contributed by atoms with Crippen LogP contribution < -0.4 is 0 Å². The molecule has 122 valence electrons. The number of morpholine rings is 1. The van der Waals surface area contributed by atoms with Crippen LogP contribution in [0.15, 0.2) is 64.8 Å². The Kier molecular flexibility index (Phi) is 4.08. The van der Waals surface area contributed by atoms with Crippen LogP contribution in [0, 0.1) is 0 Å². The predicted molar refractivity (Wildman–Crippen MR) is 95.1 cm³/mol. The third-order valence-corrected chi connectivity index (χ3v) is 4.63. The van der Waals surface area contributed by atoms with Gasteiger partial charge in [0, 0.05) is 24.2 Å². The Morgan fingerprint density at radius 3 is 2.67 bits per heavy atom. The molecule has 1 saturated heterocycles. The number of rotatable bonds is 2. The molecule has 0 spiro atoms. The molecular formula is C19H17ClN2O2. The molecule has 1 fully saturated rings. The van der Waals surface area contributed by atoms with Crippen LogP contribution in [0.2, 0.25) is 0 Å². The second-order valence-corrected chi connectivity index (χ2v) is 6.38. The molecule has 1 atom stereocenters. The monoisotopic (exact) mass is 340 g/mol. The molecule has 2 aliphatic heterocycles. The summed E-state index contributed by atoms with van der Waals surface area (Å²) in [5.74, 6) is -0.194. The van der Waals surface area contributed by atoms with Crippen LogP contribution in [0.4, 0.5) is 0 Å². The summed E-state index contributed by atoms with van der Waals surface area (Å²) in [5, 5.41) is -0.197. The number of carbonyl (C=O) groups excluding carboxylic acids is 1. The second-order valence-electron chi connectivity index (χ2n) is 5.88.